The maximum Gasteiger partial charge on any atom is 0.260 e. The summed E-state index contributed by atoms with van der Waals surface area (Å²) in [5, 5.41) is 0.565. The second kappa shape index (κ2) is 9.10. The quantitative estimate of drug-likeness (QED) is 0.385. The fraction of sp³-hybridized carbons (Fsp3) is 0.167. The van der Waals surface area contributed by atoms with Gasteiger partial charge in [0, 0.05) is 11.8 Å². The van der Waals surface area contributed by atoms with E-state index in [-0.39, 0.29) is 10.8 Å². The zero-order valence-corrected chi connectivity index (χ0v) is 19.3. The van der Waals surface area contributed by atoms with Crippen LogP contribution in [-0.2, 0) is 16.4 Å². The van der Waals surface area contributed by atoms with Crippen LogP contribution in [0.5, 0.6) is 5.75 Å². The van der Waals surface area contributed by atoms with Gasteiger partial charge in [-0.15, -0.1) is 0 Å². The van der Waals surface area contributed by atoms with E-state index >= 15 is 0 Å². The lowest BCUT2D eigenvalue weighted by atomic mass is 10.1. The van der Waals surface area contributed by atoms with Gasteiger partial charge in [0.25, 0.3) is 5.91 Å². The highest BCUT2D eigenvalue weighted by Gasteiger charge is 2.22. The maximum atomic E-state index is 13.5. The fourth-order valence-corrected chi connectivity index (χ4v) is 4.88. The Balaban J connectivity index is 1.73. The normalized spacial score (nSPS) is 11.4. The van der Waals surface area contributed by atoms with Crippen molar-refractivity contribution in [1.82, 2.24) is 4.98 Å². The van der Waals surface area contributed by atoms with Gasteiger partial charge in [0.1, 0.15) is 5.75 Å². The van der Waals surface area contributed by atoms with Crippen LogP contribution in [-0.4, -0.2) is 32.2 Å². The number of nitrogens with zero attached hydrogens (tertiary/aromatic N) is 2. The van der Waals surface area contributed by atoms with Crippen LogP contribution in [0.25, 0.3) is 10.2 Å². The van der Waals surface area contributed by atoms with E-state index in [1.165, 1.54) is 35.6 Å². The summed E-state index contributed by atoms with van der Waals surface area (Å²) in [6.45, 7) is 2.84. The number of hydrogen-bond donors (Lipinski definition) is 0. The molecule has 0 spiro atoms. The van der Waals surface area contributed by atoms with Crippen LogP contribution in [0.2, 0.25) is 0 Å². The SMILES string of the molecule is CCOc1ccc2nc(N(Cc3ccccc3)C(=O)c3ccc(S(C)(=O)=O)cc3)sc2c1. The van der Waals surface area contributed by atoms with E-state index in [0.717, 1.165) is 27.8 Å². The van der Waals surface area contributed by atoms with Gasteiger partial charge >= 0.3 is 0 Å². The van der Waals surface area contributed by atoms with Gasteiger partial charge < -0.3 is 4.74 Å². The van der Waals surface area contributed by atoms with Crippen molar-refractivity contribution in [3.63, 3.8) is 0 Å². The largest absolute Gasteiger partial charge is 0.494 e. The average Bonchev–Trinajstić information content (AvgIpc) is 3.20. The number of thiazole rings is 1. The Bertz CT molecular complexity index is 1350. The van der Waals surface area contributed by atoms with Crippen LogP contribution < -0.4 is 9.64 Å². The molecule has 0 aliphatic rings. The molecule has 0 saturated heterocycles. The molecule has 4 rings (SSSR count). The average molecular weight is 467 g/mol. The van der Waals surface area contributed by atoms with Crippen molar-refractivity contribution in [1.29, 1.82) is 0 Å². The lowest BCUT2D eigenvalue weighted by Gasteiger charge is -2.20. The first-order valence-corrected chi connectivity index (χ1v) is 12.8. The Hall–Kier alpha value is -3.23. The van der Waals surface area contributed by atoms with Crippen LogP contribution >= 0.6 is 11.3 Å². The molecule has 0 aliphatic carbocycles. The first-order valence-electron chi connectivity index (χ1n) is 10.0. The Morgan fingerprint density at radius 2 is 1.75 bits per heavy atom. The molecule has 0 unspecified atom stereocenters. The van der Waals surface area contributed by atoms with Crippen LogP contribution in [0.15, 0.2) is 77.7 Å². The Kier molecular flexibility index (Phi) is 6.25. The molecule has 0 N–H and O–H groups in total. The molecule has 8 heteroatoms. The van der Waals surface area contributed by atoms with E-state index in [4.69, 9.17) is 4.74 Å². The van der Waals surface area contributed by atoms with Crippen LogP contribution in [0.3, 0.4) is 0 Å². The smallest absolute Gasteiger partial charge is 0.260 e. The molecule has 164 valence electrons. The van der Waals surface area contributed by atoms with Crippen LogP contribution in [0, 0.1) is 0 Å². The van der Waals surface area contributed by atoms with Crippen molar-refractivity contribution >= 4 is 42.4 Å². The summed E-state index contributed by atoms with van der Waals surface area (Å²) < 4.78 is 30.0. The van der Waals surface area contributed by atoms with E-state index in [1.54, 1.807) is 4.90 Å². The zero-order chi connectivity index (χ0) is 22.7. The minimum atomic E-state index is -3.34. The second-order valence-electron chi connectivity index (χ2n) is 7.23. The number of aromatic nitrogens is 1. The van der Waals surface area contributed by atoms with Gasteiger partial charge in [0.05, 0.1) is 28.3 Å². The van der Waals surface area contributed by atoms with Crippen molar-refractivity contribution in [2.75, 3.05) is 17.8 Å². The summed E-state index contributed by atoms with van der Waals surface area (Å²) in [7, 11) is -3.34. The van der Waals surface area contributed by atoms with Crippen LogP contribution in [0.4, 0.5) is 5.13 Å². The highest BCUT2D eigenvalue weighted by atomic mass is 32.2. The van der Waals surface area contributed by atoms with Gasteiger partial charge in [-0.1, -0.05) is 41.7 Å². The minimum absolute atomic E-state index is 0.173. The summed E-state index contributed by atoms with van der Waals surface area (Å²) in [6.07, 6.45) is 1.14. The van der Waals surface area contributed by atoms with E-state index in [0.29, 0.717) is 23.8 Å². The number of carbonyl (C=O) groups excluding carboxylic acids is 1. The Morgan fingerprint density at radius 3 is 2.41 bits per heavy atom. The van der Waals surface area contributed by atoms with Crippen molar-refractivity contribution < 1.29 is 17.9 Å². The molecule has 0 radical (unpaired) electrons. The number of anilines is 1. The summed E-state index contributed by atoms with van der Waals surface area (Å²) in [6, 6.07) is 21.3. The number of benzene rings is 3. The first-order chi connectivity index (χ1) is 15.3. The van der Waals surface area contributed by atoms with E-state index < -0.39 is 9.84 Å². The summed E-state index contributed by atoms with van der Waals surface area (Å²) in [5.41, 5.74) is 2.14. The molecule has 0 bridgehead atoms. The third-order valence-corrected chi connectivity index (χ3v) is 7.02. The summed E-state index contributed by atoms with van der Waals surface area (Å²) in [4.78, 5) is 20.0. The Labute approximate surface area is 191 Å². The zero-order valence-electron chi connectivity index (χ0n) is 17.7. The molecule has 32 heavy (non-hydrogen) atoms. The molecule has 1 aromatic heterocycles. The molecule has 0 aliphatic heterocycles. The van der Waals surface area contributed by atoms with Crippen LogP contribution in [0.1, 0.15) is 22.8 Å². The number of sulfone groups is 1. The van der Waals surface area contributed by atoms with E-state index in [9.17, 15) is 13.2 Å². The molecular formula is C24H22N2O4S2. The van der Waals surface area contributed by atoms with Gasteiger partial charge in [0.15, 0.2) is 15.0 Å². The van der Waals surface area contributed by atoms with E-state index in [2.05, 4.69) is 4.98 Å². The molecule has 6 nitrogen and oxygen atoms in total. The minimum Gasteiger partial charge on any atom is -0.494 e. The number of hydrogen-bond acceptors (Lipinski definition) is 6. The predicted octanol–water partition coefficient (Wildman–Crippen LogP) is 4.95. The molecule has 0 saturated carbocycles. The molecule has 0 fully saturated rings. The lowest BCUT2D eigenvalue weighted by molar-refractivity contribution is 0.0985. The summed E-state index contributed by atoms with van der Waals surface area (Å²) >= 11 is 1.41. The third kappa shape index (κ3) is 4.81. The molecule has 1 amide bonds. The molecule has 0 atom stereocenters. The van der Waals surface area contributed by atoms with Crippen molar-refractivity contribution in [2.45, 2.75) is 18.4 Å². The third-order valence-electron chi connectivity index (χ3n) is 4.85. The van der Waals surface area contributed by atoms with E-state index in [1.807, 2.05) is 55.5 Å². The van der Waals surface area contributed by atoms with Gasteiger partial charge in [-0.25, -0.2) is 13.4 Å². The highest BCUT2D eigenvalue weighted by Crippen LogP contribution is 2.33. The number of rotatable bonds is 7. The van der Waals surface area contributed by atoms with Crippen molar-refractivity contribution in [3.05, 3.63) is 83.9 Å². The first kappa shape index (κ1) is 22.0. The van der Waals surface area contributed by atoms with Crippen molar-refractivity contribution in [2.24, 2.45) is 0 Å². The fourth-order valence-electron chi connectivity index (χ4n) is 3.26. The maximum absolute atomic E-state index is 13.5. The molecule has 4 aromatic rings. The van der Waals surface area contributed by atoms with Gasteiger partial charge in [-0.05, 0) is 55.0 Å². The standard InChI is InChI=1S/C24H22N2O4S2/c1-3-30-19-11-14-21-22(15-19)31-24(25-21)26(16-17-7-5-4-6-8-17)23(27)18-9-12-20(13-10-18)32(2,28)29/h4-15H,3,16H2,1-2H3. The number of carbonyl (C=O) groups is 1. The Morgan fingerprint density at radius 1 is 1.03 bits per heavy atom. The molecular weight excluding hydrogens is 444 g/mol. The second-order valence-corrected chi connectivity index (χ2v) is 10.3. The highest BCUT2D eigenvalue weighted by molar-refractivity contribution is 7.90. The van der Waals surface area contributed by atoms with Crippen molar-refractivity contribution in [3.8, 4) is 5.75 Å². The van der Waals surface area contributed by atoms with Gasteiger partial charge in [-0.3, -0.25) is 9.69 Å². The summed E-state index contributed by atoms with van der Waals surface area (Å²) in [5.74, 6) is 0.505. The molecule has 3 aromatic carbocycles. The number of fused-ring (bicyclic) bond motifs is 1. The van der Waals surface area contributed by atoms with Gasteiger partial charge in [-0.2, -0.15) is 0 Å². The lowest BCUT2D eigenvalue weighted by Crippen LogP contribution is -2.30. The number of ether oxygens (including phenoxy) is 1. The topological polar surface area (TPSA) is 76.6 Å². The molecule has 1 heterocycles. The predicted molar refractivity (Wildman–Crippen MR) is 127 cm³/mol. The van der Waals surface area contributed by atoms with Gasteiger partial charge in [0.2, 0.25) is 0 Å². The monoisotopic (exact) mass is 466 g/mol. The number of amides is 1.